The van der Waals surface area contributed by atoms with Crippen LogP contribution in [0.1, 0.15) is 10.4 Å². The summed E-state index contributed by atoms with van der Waals surface area (Å²) < 4.78 is 1.95. The predicted molar refractivity (Wildman–Crippen MR) is 97.2 cm³/mol. The van der Waals surface area contributed by atoms with Gasteiger partial charge in [-0.15, -0.1) is 11.3 Å². The Labute approximate surface area is 144 Å². The molecule has 0 aliphatic carbocycles. The van der Waals surface area contributed by atoms with Gasteiger partial charge in [-0.25, -0.2) is 9.78 Å². The van der Waals surface area contributed by atoms with Crippen molar-refractivity contribution in [2.75, 3.05) is 0 Å². The molecule has 0 unspecified atom stereocenters. The first kappa shape index (κ1) is 14.4. The van der Waals surface area contributed by atoms with Crippen LogP contribution in [0.5, 0.6) is 0 Å². The minimum atomic E-state index is -0.946. The number of aromatic carboxylic acids is 1. The molecule has 2 aromatic carbocycles. The van der Waals surface area contributed by atoms with Crippen molar-refractivity contribution in [3.8, 4) is 10.6 Å². The highest BCUT2D eigenvalue weighted by Gasteiger charge is 2.15. The first-order chi connectivity index (χ1) is 11.1. The number of pyridine rings is 1. The summed E-state index contributed by atoms with van der Waals surface area (Å²) in [7, 11) is 0. The van der Waals surface area contributed by atoms with E-state index in [9.17, 15) is 9.90 Å². The number of hydrogen-bond donors (Lipinski definition) is 1. The van der Waals surface area contributed by atoms with Crippen molar-refractivity contribution in [1.82, 2.24) is 4.98 Å². The number of rotatable bonds is 2. The van der Waals surface area contributed by atoms with Crippen LogP contribution in [0.25, 0.3) is 31.6 Å². The number of benzene rings is 2. The van der Waals surface area contributed by atoms with Gasteiger partial charge in [-0.3, -0.25) is 0 Å². The summed E-state index contributed by atoms with van der Waals surface area (Å²) in [6, 6.07) is 17.3. The molecule has 0 saturated carbocycles. The Balaban J connectivity index is 2.03. The summed E-state index contributed by atoms with van der Waals surface area (Å²) in [5, 5.41) is 11.3. The lowest BCUT2D eigenvalue weighted by Gasteiger charge is -2.07. The molecule has 3 nitrogen and oxygen atoms in total. The molecule has 0 aliphatic rings. The van der Waals surface area contributed by atoms with E-state index in [-0.39, 0.29) is 5.56 Å². The summed E-state index contributed by atoms with van der Waals surface area (Å²) >= 11 is 5.08. The van der Waals surface area contributed by atoms with Crippen molar-refractivity contribution in [2.45, 2.75) is 0 Å². The van der Waals surface area contributed by atoms with E-state index in [4.69, 9.17) is 0 Å². The van der Waals surface area contributed by atoms with E-state index in [0.29, 0.717) is 16.6 Å². The lowest BCUT2D eigenvalue weighted by molar-refractivity contribution is 0.0699. The number of carbonyl (C=O) groups is 1. The van der Waals surface area contributed by atoms with Crippen molar-refractivity contribution < 1.29 is 9.90 Å². The van der Waals surface area contributed by atoms with Crippen LogP contribution in [-0.2, 0) is 0 Å². The number of aromatic nitrogens is 1. The Hall–Kier alpha value is -2.24. The van der Waals surface area contributed by atoms with Crippen molar-refractivity contribution >= 4 is 54.2 Å². The van der Waals surface area contributed by atoms with Gasteiger partial charge in [-0.1, -0.05) is 30.3 Å². The van der Waals surface area contributed by atoms with Crippen molar-refractivity contribution in [1.29, 1.82) is 0 Å². The molecule has 0 radical (unpaired) electrons. The number of nitrogens with zero attached hydrogens (tertiary/aromatic N) is 1. The second kappa shape index (κ2) is 5.44. The summed E-state index contributed by atoms with van der Waals surface area (Å²) in [6.45, 7) is 0. The topological polar surface area (TPSA) is 50.2 Å². The van der Waals surface area contributed by atoms with Crippen molar-refractivity contribution in [3.63, 3.8) is 0 Å². The average molecular weight is 384 g/mol. The van der Waals surface area contributed by atoms with Gasteiger partial charge >= 0.3 is 5.97 Å². The lowest BCUT2D eigenvalue weighted by Crippen LogP contribution is -2.00. The Morgan fingerprint density at radius 2 is 1.91 bits per heavy atom. The van der Waals surface area contributed by atoms with Crippen LogP contribution in [0.2, 0.25) is 0 Å². The molecule has 112 valence electrons. The van der Waals surface area contributed by atoms with Gasteiger partial charge in [0, 0.05) is 14.6 Å². The standard InChI is InChI=1S/C18H10BrNO2S/c19-13-6-3-5-11-12(18(21)22)9-14(20-17(11)13)16-8-10-4-1-2-7-15(10)23-16/h1-9H,(H,21,22). The molecule has 0 aliphatic heterocycles. The average Bonchev–Trinajstić information content (AvgIpc) is 2.98. The summed E-state index contributed by atoms with van der Waals surface area (Å²) in [5.41, 5.74) is 1.62. The van der Waals surface area contributed by atoms with Gasteiger partial charge in [0.2, 0.25) is 0 Å². The van der Waals surface area contributed by atoms with E-state index in [1.54, 1.807) is 23.5 Å². The zero-order valence-electron chi connectivity index (χ0n) is 11.8. The monoisotopic (exact) mass is 383 g/mol. The largest absolute Gasteiger partial charge is 0.478 e. The molecule has 0 fully saturated rings. The quantitative estimate of drug-likeness (QED) is 0.491. The van der Waals surface area contributed by atoms with Crippen LogP contribution in [-0.4, -0.2) is 16.1 Å². The van der Waals surface area contributed by atoms with Crippen LogP contribution in [0.4, 0.5) is 0 Å². The molecule has 0 amide bonds. The Morgan fingerprint density at radius 3 is 2.70 bits per heavy atom. The van der Waals surface area contributed by atoms with E-state index in [0.717, 1.165) is 19.4 Å². The first-order valence-electron chi connectivity index (χ1n) is 6.95. The molecule has 5 heteroatoms. The maximum atomic E-state index is 11.6. The molecular weight excluding hydrogens is 374 g/mol. The zero-order chi connectivity index (χ0) is 16.0. The maximum absolute atomic E-state index is 11.6. The fraction of sp³-hybridized carbons (Fsp3) is 0. The molecule has 4 aromatic rings. The fourth-order valence-corrected chi connectivity index (χ4v) is 4.10. The van der Waals surface area contributed by atoms with Gasteiger partial charge in [-0.2, -0.15) is 0 Å². The van der Waals surface area contributed by atoms with Crippen molar-refractivity contribution in [3.05, 3.63) is 64.6 Å². The minimum absolute atomic E-state index is 0.267. The molecule has 1 N–H and O–H groups in total. The van der Waals surface area contributed by atoms with Gasteiger partial charge in [0.05, 0.1) is 21.7 Å². The normalized spacial score (nSPS) is 11.2. The highest BCUT2D eigenvalue weighted by Crippen LogP contribution is 2.35. The van der Waals surface area contributed by atoms with E-state index in [2.05, 4.69) is 33.0 Å². The van der Waals surface area contributed by atoms with Crippen LogP contribution < -0.4 is 0 Å². The lowest BCUT2D eigenvalue weighted by atomic mass is 10.1. The third-order valence-electron chi connectivity index (χ3n) is 3.70. The molecule has 2 heterocycles. The zero-order valence-corrected chi connectivity index (χ0v) is 14.2. The molecule has 4 rings (SSSR count). The smallest absolute Gasteiger partial charge is 0.336 e. The Bertz CT molecular complexity index is 1040. The number of halogens is 1. The number of thiophene rings is 1. The highest BCUT2D eigenvalue weighted by molar-refractivity contribution is 9.10. The summed E-state index contributed by atoms with van der Waals surface area (Å²) in [6.07, 6.45) is 0. The third kappa shape index (κ3) is 2.42. The van der Waals surface area contributed by atoms with E-state index in [1.807, 2.05) is 30.3 Å². The van der Waals surface area contributed by atoms with Crippen LogP contribution in [0, 0.1) is 0 Å². The summed E-state index contributed by atoms with van der Waals surface area (Å²) in [5.74, 6) is -0.946. The molecular formula is C18H10BrNO2S. The van der Waals surface area contributed by atoms with Gasteiger partial charge in [0.25, 0.3) is 0 Å². The minimum Gasteiger partial charge on any atom is -0.478 e. The number of para-hydroxylation sites is 1. The van der Waals surface area contributed by atoms with Gasteiger partial charge < -0.3 is 5.11 Å². The maximum Gasteiger partial charge on any atom is 0.336 e. The molecule has 0 saturated heterocycles. The predicted octanol–water partition coefficient (Wildman–Crippen LogP) is 5.58. The molecule has 23 heavy (non-hydrogen) atoms. The van der Waals surface area contributed by atoms with E-state index < -0.39 is 5.97 Å². The van der Waals surface area contributed by atoms with Crippen LogP contribution in [0.3, 0.4) is 0 Å². The second-order valence-electron chi connectivity index (χ2n) is 5.14. The van der Waals surface area contributed by atoms with E-state index >= 15 is 0 Å². The van der Waals surface area contributed by atoms with Gasteiger partial charge in [-0.05, 0) is 45.6 Å². The number of hydrogen-bond acceptors (Lipinski definition) is 3. The summed E-state index contributed by atoms with van der Waals surface area (Å²) in [4.78, 5) is 17.3. The fourth-order valence-electron chi connectivity index (χ4n) is 2.62. The Kier molecular flexibility index (Phi) is 3.39. The van der Waals surface area contributed by atoms with Crippen molar-refractivity contribution in [2.24, 2.45) is 0 Å². The number of carboxylic acids is 1. The molecule has 0 atom stereocenters. The van der Waals surface area contributed by atoms with Gasteiger partial charge in [0.1, 0.15) is 0 Å². The first-order valence-corrected chi connectivity index (χ1v) is 8.56. The Morgan fingerprint density at radius 1 is 1.09 bits per heavy atom. The molecule has 0 spiro atoms. The number of fused-ring (bicyclic) bond motifs is 2. The van der Waals surface area contributed by atoms with E-state index in [1.165, 1.54) is 0 Å². The highest BCUT2D eigenvalue weighted by atomic mass is 79.9. The second-order valence-corrected chi connectivity index (χ2v) is 7.08. The molecule has 2 aromatic heterocycles. The third-order valence-corrected chi connectivity index (χ3v) is 5.48. The number of carboxylic acid groups (broad SMARTS) is 1. The van der Waals surface area contributed by atoms with Gasteiger partial charge in [0.15, 0.2) is 0 Å². The molecule has 0 bridgehead atoms. The van der Waals surface area contributed by atoms with Crippen LogP contribution >= 0.6 is 27.3 Å². The van der Waals surface area contributed by atoms with Crippen LogP contribution in [0.15, 0.2) is 59.1 Å². The SMILES string of the molecule is O=C(O)c1cc(-c2cc3ccccc3s2)nc2c(Br)cccc12.